The summed E-state index contributed by atoms with van der Waals surface area (Å²) in [6, 6.07) is 29.1. The van der Waals surface area contributed by atoms with Crippen LogP contribution in [0.1, 0.15) is 23.2 Å². The van der Waals surface area contributed by atoms with Gasteiger partial charge in [0.05, 0.1) is 12.1 Å². The fraction of sp³-hybridized carbons (Fsp3) is 0.120. The molecular formula is C25H22N2O2. The van der Waals surface area contributed by atoms with Crippen molar-refractivity contribution in [1.82, 2.24) is 4.57 Å². The van der Waals surface area contributed by atoms with Crippen molar-refractivity contribution in [3.63, 3.8) is 0 Å². The highest BCUT2D eigenvalue weighted by Crippen LogP contribution is 2.20. The Balaban J connectivity index is 1.50. The van der Waals surface area contributed by atoms with E-state index in [2.05, 4.69) is 0 Å². The van der Waals surface area contributed by atoms with Crippen LogP contribution in [0.25, 0.3) is 10.9 Å². The molecule has 0 atom stereocenters. The summed E-state index contributed by atoms with van der Waals surface area (Å²) >= 11 is 0. The number of nitrogens with zero attached hydrogens (tertiary/aromatic N) is 2. The second-order valence-corrected chi connectivity index (χ2v) is 6.94. The third-order valence-corrected chi connectivity index (χ3v) is 4.97. The molecule has 1 aromatic heterocycles. The minimum atomic E-state index is -0.0766. The first-order valence-electron chi connectivity index (χ1n) is 9.71. The Labute approximate surface area is 170 Å². The van der Waals surface area contributed by atoms with Crippen molar-refractivity contribution in [3.05, 3.63) is 103 Å². The lowest BCUT2D eigenvalue weighted by Gasteiger charge is -2.23. The van der Waals surface area contributed by atoms with E-state index in [0.29, 0.717) is 6.54 Å². The molecule has 3 aromatic carbocycles. The molecule has 29 heavy (non-hydrogen) atoms. The number of fused-ring (bicyclic) bond motifs is 1. The van der Waals surface area contributed by atoms with Gasteiger partial charge in [-0.25, -0.2) is 0 Å². The van der Waals surface area contributed by atoms with Crippen molar-refractivity contribution >= 4 is 28.4 Å². The van der Waals surface area contributed by atoms with Crippen LogP contribution in [-0.4, -0.2) is 16.4 Å². The number of aromatic nitrogens is 1. The Morgan fingerprint density at radius 2 is 1.38 bits per heavy atom. The number of rotatable bonds is 6. The van der Waals surface area contributed by atoms with Gasteiger partial charge in [0.25, 0.3) is 0 Å². The van der Waals surface area contributed by atoms with E-state index in [1.54, 1.807) is 15.7 Å². The SMILES string of the molecule is O=C(CCC(=O)n1ccc2ccccc21)N(Cc1ccccc1)c1ccccc1. The maximum Gasteiger partial charge on any atom is 0.231 e. The lowest BCUT2D eigenvalue weighted by atomic mass is 10.1. The Morgan fingerprint density at radius 1 is 0.724 bits per heavy atom. The van der Waals surface area contributed by atoms with Crippen molar-refractivity contribution in [3.8, 4) is 0 Å². The second-order valence-electron chi connectivity index (χ2n) is 6.94. The van der Waals surface area contributed by atoms with Crippen molar-refractivity contribution in [2.75, 3.05) is 4.90 Å². The molecule has 144 valence electrons. The maximum atomic E-state index is 13.1. The molecule has 1 heterocycles. The number of carbonyl (C=O) groups excluding carboxylic acids is 2. The molecule has 4 aromatic rings. The fourth-order valence-electron chi connectivity index (χ4n) is 3.47. The molecule has 0 aliphatic rings. The number of anilines is 1. The third-order valence-electron chi connectivity index (χ3n) is 4.97. The zero-order valence-electron chi connectivity index (χ0n) is 16.1. The topological polar surface area (TPSA) is 42.3 Å². The molecule has 4 heteroatoms. The predicted octanol–water partition coefficient (Wildman–Crippen LogP) is 5.30. The zero-order valence-corrected chi connectivity index (χ0v) is 16.1. The summed E-state index contributed by atoms with van der Waals surface area (Å²) in [4.78, 5) is 27.5. The average molecular weight is 382 g/mol. The first-order chi connectivity index (χ1) is 14.2. The van der Waals surface area contributed by atoms with Gasteiger partial charge in [-0.1, -0.05) is 66.7 Å². The van der Waals surface area contributed by atoms with E-state index in [4.69, 9.17) is 0 Å². The van der Waals surface area contributed by atoms with Crippen LogP contribution in [0.4, 0.5) is 5.69 Å². The van der Waals surface area contributed by atoms with Gasteiger partial charge in [0.1, 0.15) is 0 Å². The molecule has 1 amide bonds. The first kappa shape index (κ1) is 18.7. The van der Waals surface area contributed by atoms with Crippen LogP contribution in [-0.2, 0) is 11.3 Å². The number of benzene rings is 3. The molecule has 0 bridgehead atoms. The van der Waals surface area contributed by atoms with Gasteiger partial charge in [0.2, 0.25) is 11.8 Å². The number of hydrogen-bond donors (Lipinski definition) is 0. The van der Waals surface area contributed by atoms with E-state index in [-0.39, 0.29) is 24.7 Å². The highest BCUT2D eigenvalue weighted by Gasteiger charge is 2.18. The quantitative estimate of drug-likeness (QED) is 0.454. The summed E-state index contributed by atoms with van der Waals surface area (Å²) in [6.07, 6.45) is 2.10. The molecule has 0 spiro atoms. The summed E-state index contributed by atoms with van der Waals surface area (Å²) < 4.78 is 1.63. The van der Waals surface area contributed by atoms with E-state index < -0.39 is 0 Å². The monoisotopic (exact) mass is 382 g/mol. The van der Waals surface area contributed by atoms with Crippen LogP contribution in [0.15, 0.2) is 97.2 Å². The Bertz CT molecular complexity index is 1120. The normalized spacial score (nSPS) is 10.8. The predicted molar refractivity (Wildman–Crippen MR) is 116 cm³/mol. The lowest BCUT2D eigenvalue weighted by Crippen LogP contribution is -2.31. The van der Waals surface area contributed by atoms with Crippen molar-refractivity contribution in [2.24, 2.45) is 0 Å². The van der Waals surface area contributed by atoms with Crippen molar-refractivity contribution in [2.45, 2.75) is 19.4 Å². The van der Waals surface area contributed by atoms with Gasteiger partial charge in [-0.2, -0.15) is 0 Å². The van der Waals surface area contributed by atoms with E-state index in [1.165, 1.54) is 0 Å². The van der Waals surface area contributed by atoms with Gasteiger partial charge in [0, 0.05) is 30.1 Å². The van der Waals surface area contributed by atoms with Gasteiger partial charge in [-0.15, -0.1) is 0 Å². The van der Waals surface area contributed by atoms with Crippen molar-refractivity contribution < 1.29 is 9.59 Å². The van der Waals surface area contributed by atoms with Crippen LogP contribution in [0.5, 0.6) is 0 Å². The third kappa shape index (κ3) is 4.27. The van der Waals surface area contributed by atoms with Gasteiger partial charge < -0.3 is 4.90 Å². The highest BCUT2D eigenvalue weighted by molar-refractivity contribution is 5.97. The molecule has 0 unspecified atom stereocenters. The first-order valence-corrected chi connectivity index (χ1v) is 9.71. The smallest absolute Gasteiger partial charge is 0.231 e. The molecule has 0 saturated carbocycles. The summed E-state index contributed by atoms with van der Waals surface area (Å²) in [7, 11) is 0. The number of carbonyl (C=O) groups is 2. The van der Waals surface area contributed by atoms with Crippen LogP contribution in [0.2, 0.25) is 0 Å². The zero-order chi connectivity index (χ0) is 20.1. The molecule has 4 nitrogen and oxygen atoms in total. The van der Waals surface area contributed by atoms with Crippen LogP contribution in [0.3, 0.4) is 0 Å². The summed E-state index contributed by atoms with van der Waals surface area (Å²) in [6.45, 7) is 0.477. The van der Waals surface area contributed by atoms with E-state index in [9.17, 15) is 9.59 Å². The molecule has 0 fully saturated rings. The molecule has 0 aliphatic carbocycles. The summed E-state index contributed by atoms with van der Waals surface area (Å²) in [5, 5.41) is 1.02. The Kier molecular flexibility index (Phi) is 5.52. The van der Waals surface area contributed by atoms with Crippen molar-refractivity contribution in [1.29, 1.82) is 0 Å². The maximum absolute atomic E-state index is 13.1. The van der Waals surface area contributed by atoms with Gasteiger partial charge >= 0.3 is 0 Å². The number of hydrogen-bond acceptors (Lipinski definition) is 2. The molecule has 4 rings (SSSR count). The van der Waals surface area contributed by atoms with Gasteiger partial charge in [-0.05, 0) is 29.8 Å². The van der Waals surface area contributed by atoms with Gasteiger partial charge in [0.15, 0.2) is 0 Å². The minimum Gasteiger partial charge on any atom is -0.308 e. The highest BCUT2D eigenvalue weighted by atomic mass is 16.2. The average Bonchev–Trinajstić information content (AvgIpc) is 3.21. The van der Waals surface area contributed by atoms with Crippen LogP contribution < -0.4 is 4.90 Å². The fourth-order valence-corrected chi connectivity index (χ4v) is 3.47. The van der Waals surface area contributed by atoms with E-state index in [0.717, 1.165) is 22.2 Å². The standard InChI is InChI=1S/C25H22N2O2/c28-24(26-18-17-21-11-7-8-14-23(21)26)15-16-25(29)27(22-12-5-2-6-13-22)19-20-9-3-1-4-10-20/h1-14,17-18H,15-16,19H2. The van der Waals surface area contributed by atoms with E-state index in [1.807, 2.05) is 91.0 Å². The van der Waals surface area contributed by atoms with Crippen LogP contribution >= 0.6 is 0 Å². The molecule has 0 aliphatic heterocycles. The van der Waals surface area contributed by atoms with Crippen LogP contribution in [0, 0.1) is 0 Å². The molecular weight excluding hydrogens is 360 g/mol. The second kappa shape index (κ2) is 8.57. The molecule has 0 N–H and O–H groups in total. The molecule has 0 radical (unpaired) electrons. The van der Waals surface area contributed by atoms with Gasteiger partial charge in [-0.3, -0.25) is 14.2 Å². The largest absolute Gasteiger partial charge is 0.308 e. The Morgan fingerprint density at radius 3 is 2.14 bits per heavy atom. The van der Waals surface area contributed by atoms with E-state index >= 15 is 0 Å². The summed E-state index contributed by atoms with van der Waals surface area (Å²) in [5.41, 5.74) is 2.75. The lowest BCUT2D eigenvalue weighted by molar-refractivity contribution is -0.118. The number of amides is 1. The summed E-state index contributed by atoms with van der Waals surface area (Å²) in [5.74, 6) is -0.142. The minimum absolute atomic E-state index is 0.0649. The Hall–Kier alpha value is -3.66. The molecule has 0 saturated heterocycles. The number of para-hydroxylation sites is 2.